The van der Waals surface area contributed by atoms with Gasteiger partial charge in [-0.15, -0.1) is 5.54 Å². The predicted molar refractivity (Wildman–Crippen MR) is 167 cm³/mol. The van der Waals surface area contributed by atoms with Crippen LogP contribution in [0.2, 0.25) is 16.6 Å². The number of aryl methyl sites for hydroxylation is 1. The fraction of sp³-hybridized carbons (Fsp3) is 0.412. The van der Waals surface area contributed by atoms with Crippen LogP contribution >= 0.6 is 7.60 Å². The minimum absolute atomic E-state index is 0.220. The quantitative estimate of drug-likeness (QED) is 0.119. The molecular weight excluding hydrogens is 515 g/mol. The summed E-state index contributed by atoms with van der Waals surface area (Å²) in [4.78, 5) is 0. The Kier molecular flexibility index (Phi) is 11.8. The van der Waals surface area contributed by atoms with Gasteiger partial charge in [-0.05, 0) is 46.2 Å². The highest BCUT2D eigenvalue weighted by Crippen LogP contribution is 2.56. The molecule has 0 aliphatic carbocycles. The van der Waals surface area contributed by atoms with Crippen molar-refractivity contribution in [1.29, 1.82) is 0 Å². The standard InChI is InChI=1S/C34H45O3PSi/c1-28(2)39(29(3)4,30(5)6)25-24-34(23-22-31-16-10-7-11-17-31)38(35,36-26-32-18-12-8-13-19-32)37-27-33-20-14-9-15-21-33/h7-21,28-30,34H,22-23,26-27H2,1-6H3/t34-/m1/s1. The van der Waals surface area contributed by atoms with Gasteiger partial charge in [-0.1, -0.05) is 138 Å². The Morgan fingerprint density at radius 3 is 1.41 bits per heavy atom. The van der Waals surface area contributed by atoms with Crippen molar-refractivity contribution in [2.45, 2.75) is 89.9 Å². The molecule has 0 radical (unpaired) electrons. The van der Waals surface area contributed by atoms with Gasteiger partial charge in [-0.3, -0.25) is 4.57 Å². The Morgan fingerprint density at radius 1 is 0.641 bits per heavy atom. The number of rotatable bonds is 13. The minimum atomic E-state index is -3.63. The minimum Gasteiger partial charge on any atom is -0.303 e. The molecule has 3 rings (SSSR count). The first-order valence-corrected chi connectivity index (χ1v) is 18.0. The topological polar surface area (TPSA) is 35.5 Å². The molecule has 0 spiro atoms. The van der Waals surface area contributed by atoms with Crippen LogP contribution in [-0.2, 0) is 33.2 Å². The van der Waals surface area contributed by atoms with Gasteiger partial charge < -0.3 is 9.05 Å². The van der Waals surface area contributed by atoms with Crippen LogP contribution in [-0.4, -0.2) is 13.7 Å². The van der Waals surface area contributed by atoms with Crippen LogP contribution in [0.1, 0.15) is 64.7 Å². The monoisotopic (exact) mass is 560 g/mol. The van der Waals surface area contributed by atoms with E-state index in [2.05, 4.69) is 65.1 Å². The summed E-state index contributed by atoms with van der Waals surface area (Å²) in [6.45, 7) is 14.3. The van der Waals surface area contributed by atoms with Gasteiger partial charge in [-0.2, -0.15) is 0 Å². The largest absolute Gasteiger partial charge is 0.346 e. The molecule has 39 heavy (non-hydrogen) atoms. The summed E-state index contributed by atoms with van der Waals surface area (Å²) in [6, 6.07) is 30.1. The SMILES string of the molecule is CC(C)[Si](C#C[C@@H](CCc1ccccc1)P(=O)(OCc1ccccc1)OCc1ccccc1)(C(C)C)C(C)C. The highest BCUT2D eigenvalue weighted by molar-refractivity contribution is 7.55. The normalized spacial score (nSPS) is 12.9. The van der Waals surface area contributed by atoms with Gasteiger partial charge >= 0.3 is 7.60 Å². The van der Waals surface area contributed by atoms with E-state index in [-0.39, 0.29) is 13.2 Å². The molecule has 0 saturated carbocycles. The third-order valence-electron chi connectivity index (χ3n) is 7.76. The molecule has 0 aliphatic rings. The maximum Gasteiger partial charge on any atom is 0.346 e. The van der Waals surface area contributed by atoms with E-state index in [0.29, 0.717) is 23.0 Å². The van der Waals surface area contributed by atoms with E-state index < -0.39 is 21.3 Å². The average Bonchev–Trinajstić information content (AvgIpc) is 2.94. The van der Waals surface area contributed by atoms with E-state index in [9.17, 15) is 4.57 Å². The van der Waals surface area contributed by atoms with Gasteiger partial charge in [0.15, 0.2) is 0 Å². The lowest BCUT2D eigenvalue weighted by atomic mass is 10.1. The van der Waals surface area contributed by atoms with Crippen molar-refractivity contribution in [3.8, 4) is 11.5 Å². The second kappa shape index (κ2) is 14.8. The zero-order valence-corrected chi connectivity index (χ0v) is 26.4. The van der Waals surface area contributed by atoms with Crippen LogP contribution in [0.4, 0.5) is 0 Å². The number of hydrogen-bond acceptors (Lipinski definition) is 3. The lowest BCUT2D eigenvalue weighted by Crippen LogP contribution is -2.43. The Labute approximate surface area is 237 Å². The van der Waals surface area contributed by atoms with Gasteiger partial charge in [0.05, 0.1) is 13.2 Å². The maximum atomic E-state index is 14.8. The zero-order chi connectivity index (χ0) is 28.3. The molecule has 1 atom stereocenters. The molecular formula is C34H45O3PSi. The van der Waals surface area contributed by atoms with Gasteiger partial charge in [0, 0.05) is 0 Å². The molecule has 0 fully saturated rings. The maximum absolute atomic E-state index is 14.8. The molecule has 0 amide bonds. The lowest BCUT2D eigenvalue weighted by Gasteiger charge is -2.38. The van der Waals surface area contributed by atoms with Crippen molar-refractivity contribution < 1.29 is 13.6 Å². The number of benzene rings is 3. The molecule has 3 aromatic rings. The van der Waals surface area contributed by atoms with E-state index in [1.54, 1.807) is 0 Å². The van der Waals surface area contributed by atoms with E-state index in [0.717, 1.165) is 17.5 Å². The molecule has 3 aromatic carbocycles. The molecule has 208 valence electrons. The van der Waals surface area contributed by atoms with Crippen LogP contribution in [0.25, 0.3) is 0 Å². The van der Waals surface area contributed by atoms with Gasteiger partial charge in [0.1, 0.15) is 13.7 Å². The third kappa shape index (κ3) is 8.53. The molecule has 0 unspecified atom stereocenters. The third-order valence-corrected chi connectivity index (χ3v) is 16.2. The smallest absolute Gasteiger partial charge is 0.303 e. The zero-order valence-electron chi connectivity index (χ0n) is 24.5. The molecule has 0 N–H and O–H groups in total. The summed E-state index contributed by atoms with van der Waals surface area (Å²) in [6.07, 6.45) is 1.36. The van der Waals surface area contributed by atoms with Crippen LogP contribution in [0.3, 0.4) is 0 Å². The highest BCUT2D eigenvalue weighted by atomic mass is 31.2. The molecule has 0 aromatic heterocycles. The predicted octanol–water partition coefficient (Wildman–Crippen LogP) is 9.84. The highest BCUT2D eigenvalue weighted by Gasteiger charge is 2.43. The van der Waals surface area contributed by atoms with Gasteiger partial charge in [0.25, 0.3) is 0 Å². The number of hydrogen-bond donors (Lipinski definition) is 0. The van der Waals surface area contributed by atoms with Gasteiger partial charge in [0.2, 0.25) is 0 Å². The molecule has 0 bridgehead atoms. The fourth-order valence-electron chi connectivity index (χ4n) is 5.59. The molecule has 0 heterocycles. The summed E-state index contributed by atoms with van der Waals surface area (Å²) in [5, 5.41) is 0. The lowest BCUT2D eigenvalue weighted by molar-refractivity contribution is 0.186. The van der Waals surface area contributed by atoms with Crippen molar-refractivity contribution >= 4 is 15.7 Å². The Hall–Kier alpha value is -2.41. The first kappa shape index (κ1) is 31.1. The summed E-state index contributed by atoms with van der Waals surface area (Å²) in [5.41, 5.74) is 7.87. The Morgan fingerprint density at radius 2 is 1.03 bits per heavy atom. The Balaban J connectivity index is 2.03. The van der Waals surface area contributed by atoms with Gasteiger partial charge in [-0.25, -0.2) is 0 Å². The second-order valence-electron chi connectivity index (χ2n) is 11.3. The molecule has 0 aliphatic heterocycles. The van der Waals surface area contributed by atoms with Crippen LogP contribution in [0, 0.1) is 11.5 Å². The second-order valence-corrected chi connectivity index (χ2v) is 19.1. The van der Waals surface area contributed by atoms with Crippen LogP contribution in [0.15, 0.2) is 91.0 Å². The van der Waals surface area contributed by atoms with E-state index in [1.165, 1.54) is 5.56 Å². The summed E-state index contributed by atoms with van der Waals surface area (Å²) >= 11 is 0. The van der Waals surface area contributed by atoms with Crippen molar-refractivity contribution in [3.05, 3.63) is 108 Å². The van der Waals surface area contributed by atoms with Crippen LogP contribution < -0.4 is 0 Å². The summed E-state index contributed by atoms with van der Waals surface area (Å²) in [7, 11) is -5.67. The average molecular weight is 561 g/mol. The first-order chi connectivity index (χ1) is 18.7. The van der Waals surface area contributed by atoms with Crippen molar-refractivity contribution in [2.75, 3.05) is 0 Å². The van der Waals surface area contributed by atoms with Crippen molar-refractivity contribution in [3.63, 3.8) is 0 Å². The molecule has 5 heteroatoms. The van der Waals surface area contributed by atoms with Crippen molar-refractivity contribution in [2.24, 2.45) is 0 Å². The van der Waals surface area contributed by atoms with E-state index in [4.69, 9.17) is 9.05 Å². The Bertz CT molecular complexity index is 1160. The molecule has 3 nitrogen and oxygen atoms in total. The summed E-state index contributed by atoms with van der Waals surface area (Å²) in [5.74, 6) is 3.59. The van der Waals surface area contributed by atoms with E-state index in [1.807, 2.05) is 78.9 Å². The fourth-order valence-corrected chi connectivity index (χ4v) is 12.8. The summed E-state index contributed by atoms with van der Waals surface area (Å²) < 4.78 is 27.3. The molecule has 0 saturated heterocycles. The van der Waals surface area contributed by atoms with Crippen molar-refractivity contribution in [1.82, 2.24) is 0 Å². The first-order valence-electron chi connectivity index (χ1n) is 14.2. The van der Waals surface area contributed by atoms with Crippen LogP contribution in [0.5, 0.6) is 0 Å². The van der Waals surface area contributed by atoms with E-state index >= 15 is 0 Å².